The highest BCUT2D eigenvalue weighted by Crippen LogP contribution is 2.29. The van der Waals surface area contributed by atoms with E-state index in [4.69, 9.17) is 4.84 Å². The average Bonchev–Trinajstić information content (AvgIpc) is 3.46. The minimum absolute atomic E-state index is 0.00283. The maximum atomic E-state index is 14.3. The van der Waals surface area contributed by atoms with Crippen molar-refractivity contribution in [3.63, 3.8) is 0 Å². The largest absolute Gasteiger partial charge is 0.346 e. The van der Waals surface area contributed by atoms with Crippen molar-refractivity contribution in [1.29, 1.82) is 0 Å². The van der Waals surface area contributed by atoms with Crippen LogP contribution in [0.3, 0.4) is 0 Å². The Morgan fingerprint density at radius 1 is 0.956 bits per heavy atom. The first-order valence-electron chi connectivity index (χ1n) is 14.4. The molecule has 232 valence electrons. The van der Waals surface area contributed by atoms with E-state index in [1.54, 1.807) is 12.1 Å². The molecule has 2 aromatic heterocycles. The van der Waals surface area contributed by atoms with E-state index >= 15 is 0 Å². The number of piperazine rings is 1. The second-order valence-electron chi connectivity index (χ2n) is 10.8. The van der Waals surface area contributed by atoms with E-state index in [9.17, 15) is 17.6 Å². The topological polar surface area (TPSA) is 113 Å². The Bertz CT molecular complexity index is 1910. The average molecular weight is 630 g/mol. The summed E-state index contributed by atoms with van der Waals surface area (Å²) in [5, 5.41) is 4.31. The first-order chi connectivity index (χ1) is 21.8. The van der Waals surface area contributed by atoms with E-state index in [0.29, 0.717) is 16.0 Å². The number of likely N-dealkylation sites (N-methyl/N-ethyl adjacent to an activating group) is 1. The number of anilines is 3. The smallest absolute Gasteiger partial charge is 0.322 e. The molecule has 1 saturated heterocycles. The van der Waals surface area contributed by atoms with Gasteiger partial charge in [0.15, 0.2) is 0 Å². The third-order valence-corrected chi connectivity index (χ3v) is 9.43. The quantitative estimate of drug-likeness (QED) is 0.167. The first kappa shape index (κ1) is 30.2. The number of rotatable bonds is 11. The van der Waals surface area contributed by atoms with Crippen LogP contribution in [-0.2, 0) is 26.2 Å². The van der Waals surface area contributed by atoms with Crippen LogP contribution in [-0.4, -0.2) is 79.0 Å². The van der Waals surface area contributed by atoms with Gasteiger partial charge in [-0.15, -0.1) is 0 Å². The molecule has 0 saturated carbocycles. The number of hydrogen-bond acceptors (Lipinski definition) is 9. The summed E-state index contributed by atoms with van der Waals surface area (Å²) >= 11 is 0. The molecule has 1 aliphatic heterocycles. The molecule has 0 unspecified atom stereocenters. The maximum Gasteiger partial charge on any atom is 0.322 e. The molecule has 11 nitrogen and oxygen atoms in total. The van der Waals surface area contributed by atoms with Gasteiger partial charge in [-0.1, -0.05) is 22.7 Å². The minimum Gasteiger partial charge on any atom is -0.346 e. The van der Waals surface area contributed by atoms with Crippen LogP contribution in [0.4, 0.5) is 21.6 Å². The number of carbonyl (C=O) groups is 1. The number of sulfonamides is 1. The van der Waals surface area contributed by atoms with Crippen LogP contribution in [0.1, 0.15) is 0 Å². The van der Waals surface area contributed by atoms with Crippen LogP contribution >= 0.6 is 0 Å². The molecule has 45 heavy (non-hydrogen) atoms. The van der Waals surface area contributed by atoms with Crippen LogP contribution in [0, 0.1) is 5.82 Å². The Balaban J connectivity index is 1.15. The molecule has 0 spiro atoms. The zero-order chi connectivity index (χ0) is 31.4. The highest BCUT2D eigenvalue weighted by molar-refractivity contribution is 7.92. The van der Waals surface area contributed by atoms with Gasteiger partial charge >= 0.3 is 6.47 Å². The molecule has 0 bridgehead atoms. The fraction of sp³-hybridized carbons (Fsp3) is 0.219. The Labute approximate surface area is 260 Å². The summed E-state index contributed by atoms with van der Waals surface area (Å²) in [6.07, 6.45) is 3.60. The summed E-state index contributed by atoms with van der Waals surface area (Å²) in [5.74, 6) is -0.439. The number of aromatic nitrogens is 3. The summed E-state index contributed by atoms with van der Waals surface area (Å²) in [4.78, 5) is 28.9. The number of benzene rings is 3. The van der Waals surface area contributed by atoms with Crippen molar-refractivity contribution in [2.24, 2.45) is 0 Å². The third-order valence-electron chi connectivity index (χ3n) is 7.81. The Kier molecular flexibility index (Phi) is 8.74. The Hall–Kier alpha value is -4.85. The zero-order valence-corrected chi connectivity index (χ0v) is 25.4. The highest BCUT2D eigenvalue weighted by Gasteiger charge is 2.29. The minimum atomic E-state index is -4.52. The van der Waals surface area contributed by atoms with Gasteiger partial charge in [-0.25, -0.2) is 14.4 Å². The number of halogens is 1. The summed E-state index contributed by atoms with van der Waals surface area (Å²) in [6.45, 7) is 6.32. The molecule has 0 aliphatic carbocycles. The summed E-state index contributed by atoms with van der Waals surface area (Å²) in [7, 11) is -2.36. The van der Waals surface area contributed by atoms with Gasteiger partial charge in [-0.3, -0.25) is 9.69 Å². The molecular formula is C32H32FN7O4S. The van der Waals surface area contributed by atoms with Crippen molar-refractivity contribution >= 4 is 44.6 Å². The highest BCUT2D eigenvalue weighted by atomic mass is 32.2. The van der Waals surface area contributed by atoms with Crippen molar-refractivity contribution in [2.75, 3.05) is 49.6 Å². The molecule has 3 heterocycles. The van der Waals surface area contributed by atoms with Crippen LogP contribution in [0.15, 0.2) is 96.3 Å². The van der Waals surface area contributed by atoms with Crippen LogP contribution < -0.4 is 9.79 Å². The lowest BCUT2D eigenvalue weighted by Gasteiger charge is -2.32. The van der Waals surface area contributed by atoms with Crippen molar-refractivity contribution < 1.29 is 22.4 Å². The number of nitrogens with one attached hydrogen (secondary N) is 1. The van der Waals surface area contributed by atoms with Gasteiger partial charge < -0.3 is 19.6 Å². The molecule has 1 N–H and O–H groups in total. The van der Waals surface area contributed by atoms with Gasteiger partial charge in [-0.2, -0.15) is 8.42 Å². The van der Waals surface area contributed by atoms with E-state index in [1.165, 1.54) is 36.1 Å². The van der Waals surface area contributed by atoms with Gasteiger partial charge in [0.2, 0.25) is 0 Å². The second kappa shape index (κ2) is 13.0. The number of carbonyl (C=O) groups excluding carboxylic acids is 1. The standard InChI is InChI=1S/C32H32FN7O4S/c1-37-14-16-38(17-15-37)18-19-39-13-12-25-20-24(6-11-30(25)39)29-21-32(35-22-34-29)36-26-7-9-27(10-8-26)40(44-23-41)45(42,43)31-5-3-2-4-28(31)33/h2-13,20-23H,14-19H2,1H3,(H,34,35,36). The first-order valence-corrected chi connectivity index (χ1v) is 15.9. The molecule has 1 fully saturated rings. The third kappa shape index (κ3) is 6.65. The molecule has 3 aromatic carbocycles. The molecular weight excluding hydrogens is 597 g/mol. The van der Waals surface area contributed by atoms with Gasteiger partial charge in [-0.05, 0) is 61.6 Å². The van der Waals surface area contributed by atoms with Gasteiger partial charge in [0.05, 0.1) is 11.4 Å². The fourth-order valence-corrected chi connectivity index (χ4v) is 6.60. The van der Waals surface area contributed by atoms with Gasteiger partial charge in [0.1, 0.15) is 22.9 Å². The Morgan fingerprint density at radius 2 is 1.73 bits per heavy atom. The van der Waals surface area contributed by atoms with E-state index in [1.807, 2.05) is 12.1 Å². The summed E-state index contributed by atoms with van der Waals surface area (Å²) in [6, 6.07) is 21.1. The van der Waals surface area contributed by atoms with Crippen molar-refractivity contribution in [2.45, 2.75) is 11.4 Å². The zero-order valence-electron chi connectivity index (χ0n) is 24.6. The molecule has 0 atom stereocenters. The molecule has 0 amide bonds. The van der Waals surface area contributed by atoms with Crippen molar-refractivity contribution in [1.82, 2.24) is 24.3 Å². The Morgan fingerprint density at radius 3 is 2.49 bits per heavy atom. The fourth-order valence-electron chi connectivity index (χ4n) is 5.31. The maximum absolute atomic E-state index is 14.3. The van der Waals surface area contributed by atoms with Crippen LogP contribution in [0.2, 0.25) is 0 Å². The normalized spacial score (nSPS) is 14.4. The number of hydrogen-bond donors (Lipinski definition) is 1. The van der Waals surface area contributed by atoms with Crippen molar-refractivity contribution in [3.8, 4) is 11.3 Å². The predicted molar refractivity (Wildman–Crippen MR) is 170 cm³/mol. The number of fused-ring (bicyclic) bond motifs is 1. The lowest BCUT2D eigenvalue weighted by molar-refractivity contribution is -0.128. The van der Waals surface area contributed by atoms with Gasteiger partial charge in [0, 0.05) is 73.7 Å². The van der Waals surface area contributed by atoms with Crippen LogP contribution in [0.25, 0.3) is 22.2 Å². The van der Waals surface area contributed by atoms with Crippen LogP contribution in [0.5, 0.6) is 0 Å². The lowest BCUT2D eigenvalue weighted by atomic mass is 10.1. The predicted octanol–water partition coefficient (Wildman–Crippen LogP) is 4.51. The second-order valence-corrected chi connectivity index (χ2v) is 12.5. The van der Waals surface area contributed by atoms with Gasteiger partial charge in [0.25, 0.3) is 10.0 Å². The molecule has 13 heteroatoms. The van der Waals surface area contributed by atoms with E-state index in [-0.39, 0.29) is 12.2 Å². The SMILES string of the molecule is CN1CCN(CCn2ccc3cc(-c4cc(Nc5ccc(N(OC=O)S(=O)(=O)c6ccccc6F)cc5)ncn4)ccc32)CC1. The molecule has 6 rings (SSSR count). The van der Waals surface area contributed by atoms with Crippen molar-refractivity contribution in [3.05, 3.63) is 97.2 Å². The van der Waals surface area contributed by atoms with E-state index < -0.39 is 20.7 Å². The molecule has 1 aliphatic rings. The van der Waals surface area contributed by atoms with E-state index in [0.717, 1.165) is 68.0 Å². The summed E-state index contributed by atoms with van der Waals surface area (Å²) in [5.41, 5.74) is 3.44. The van der Waals surface area contributed by atoms with E-state index in [2.05, 4.69) is 61.1 Å². The monoisotopic (exact) mass is 629 g/mol. The summed E-state index contributed by atoms with van der Waals surface area (Å²) < 4.78 is 43.0. The lowest BCUT2D eigenvalue weighted by Crippen LogP contribution is -2.45. The molecule has 0 radical (unpaired) electrons. The molecule has 5 aromatic rings. The number of nitrogens with zero attached hydrogens (tertiary/aromatic N) is 6.